The Hall–Kier alpha value is -5.76. The summed E-state index contributed by atoms with van der Waals surface area (Å²) in [7, 11) is 0. The summed E-state index contributed by atoms with van der Waals surface area (Å²) in [5, 5.41) is 6.46. The van der Waals surface area contributed by atoms with Crippen molar-refractivity contribution in [1.82, 2.24) is 10.6 Å². The van der Waals surface area contributed by atoms with Crippen LogP contribution in [0.5, 0.6) is 0 Å². The molecule has 0 atom stereocenters. The number of hydrogen-bond acceptors (Lipinski definition) is 6. The van der Waals surface area contributed by atoms with E-state index in [1.54, 1.807) is 72.8 Å². The van der Waals surface area contributed by atoms with E-state index in [2.05, 4.69) is 10.6 Å². The van der Waals surface area contributed by atoms with Gasteiger partial charge < -0.3 is 0 Å². The van der Waals surface area contributed by atoms with Crippen LogP contribution in [-0.2, 0) is 0 Å². The number of nitrogens with one attached hydrogen (secondary N) is 2. The number of carbonyl (C=O) groups excluding carboxylic acids is 6. The number of hydrogen-bond donors (Lipinski definition) is 2. The number of imide groups is 2. The second-order valence-electron chi connectivity index (χ2n) is 9.58. The third kappa shape index (κ3) is 3.26. The minimum atomic E-state index is -0.515. The summed E-state index contributed by atoms with van der Waals surface area (Å²) in [6.07, 6.45) is 0. The Morgan fingerprint density at radius 1 is 0.425 bits per heavy atom. The number of amides is 4. The molecular weight excluding hydrogens is 508 g/mol. The molecule has 2 heterocycles. The Labute approximate surface area is 225 Å². The van der Waals surface area contributed by atoms with Gasteiger partial charge in [0.15, 0.2) is 11.6 Å². The molecule has 7 rings (SSSR count). The summed E-state index contributed by atoms with van der Waals surface area (Å²) in [6, 6.07) is 22.3. The third-order valence-corrected chi connectivity index (χ3v) is 7.41. The van der Waals surface area contributed by atoms with Crippen LogP contribution in [0.4, 0.5) is 0 Å². The highest BCUT2D eigenvalue weighted by atomic mass is 16.2. The van der Waals surface area contributed by atoms with Crippen molar-refractivity contribution >= 4 is 56.7 Å². The maximum atomic E-state index is 13.5. The first-order chi connectivity index (χ1) is 19.3. The second kappa shape index (κ2) is 8.37. The molecule has 8 nitrogen and oxygen atoms in total. The van der Waals surface area contributed by atoms with Gasteiger partial charge in [0.05, 0.1) is 0 Å². The van der Waals surface area contributed by atoms with Gasteiger partial charge in [-0.1, -0.05) is 48.5 Å². The molecule has 0 saturated carbocycles. The highest BCUT2D eigenvalue weighted by Gasteiger charge is 2.28. The molecule has 0 aromatic heterocycles. The Balaban J connectivity index is 1.26. The Morgan fingerprint density at radius 2 is 0.775 bits per heavy atom. The fourth-order valence-corrected chi connectivity index (χ4v) is 5.53. The summed E-state index contributed by atoms with van der Waals surface area (Å²) >= 11 is 0. The van der Waals surface area contributed by atoms with Crippen LogP contribution < -0.4 is 10.6 Å². The van der Waals surface area contributed by atoms with Crippen molar-refractivity contribution in [2.75, 3.05) is 0 Å². The Morgan fingerprint density at radius 3 is 1.15 bits per heavy atom. The Bertz CT molecular complexity index is 1870. The van der Waals surface area contributed by atoms with Crippen LogP contribution in [0.15, 0.2) is 84.9 Å². The van der Waals surface area contributed by atoms with Gasteiger partial charge in [0.2, 0.25) is 0 Å². The molecule has 0 saturated heterocycles. The summed E-state index contributed by atoms with van der Waals surface area (Å²) in [6.45, 7) is 0. The quantitative estimate of drug-likeness (QED) is 0.268. The van der Waals surface area contributed by atoms with Crippen LogP contribution >= 0.6 is 0 Å². The van der Waals surface area contributed by atoms with Gasteiger partial charge in [-0.3, -0.25) is 39.4 Å². The normalized spacial score (nSPS) is 13.8. The van der Waals surface area contributed by atoms with Gasteiger partial charge in [0, 0.05) is 55.3 Å². The molecule has 0 fully saturated rings. The maximum absolute atomic E-state index is 13.5. The van der Waals surface area contributed by atoms with E-state index in [0.717, 1.165) is 0 Å². The fourth-order valence-electron chi connectivity index (χ4n) is 5.53. The van der Waals surface area contributed by atoms with E-state index in [0.29, 0.717) is 66.1 Å². The van der Waals surface area contributed by atoms with Crippen LogP contribution in [0.1, 0.15) is 73.3 Å². The van der Waals surface area contributed by atoms with Gasteiger partial charge in [-0.15, -0.1) is 0 Å². The fraction of sp³-hybridized carbons (Fsp3) is 0. The molecule has 190 valence electrons. The first-order valence-electron chi connectivity index (χ1n) is 12.4. The van der Waals surface area contributed by atoms with E-state index < -0.39 is 23.6 Å². The number of carbonyl (C=O) groups is 6. The molecule has 2 aliphatic rings. The van der Waals surface area contributed by atoms with E-state index in [1.165, 1.54) is 12.1 Å². The van der Waals surface area contributed by atoms with Crippen molar-refractivity contribution in [3.05, 3.63) is 129 Å². The molecule has 0 spiro atoms. The minimum absolute atomic E-state index is 0.322. The molecule has 8 heteroatoms. The largest absolute Gasteiger partial charge is 0.289 e. The maximum Gasteiger partial charge on any atom is 0.258 e. The van der Waals surface area contributed by atoms with Gasteiger partial charge in [-0.2, -0.15) is 0 Å². The third-order valence-electron chi connectivity index (χ3n) is 7.41. The summed E-state index contributed by atoms with van der Waals surface area (Å²) in [5.74, 6) is -2.71. The predicted molar refractivity (Wildman–Crippen MR) is 145 cm³/mol. The average molecular weight is 524 g/mol. The number of benzene rings is 5. The molecule has 0 bridgehead atoms. The van der Waals surface area contributed by atoms with Gasteiger partial charge in [0.1, 0.15) is 0 Å². The van der Waals surface area contributed by atoms with E-state index in [9.17, 15) is 28.8 Å². The SMILES string of the molecule is O=C(c1ccc(C(=O)c2ccc3c4c(cccc24)C(=O)NC3=O)cc1)c1ccc2c3c(cccc13)C(=O)NC2=O. The van der Waals surface area contributed by atoms with Crippen molar-refractivity contribution in [2.24, 2.45) is 0 Å². The molecule has 0 radical (unpaired) electrons. The van der Waals surface area contributed by atoms with Gasteiger partial charge in [-0.05, 0) is 47.2 Å². The predicted octanol–water partition coefficient (Wildman–Crippen LogP) is 4.22. The van der Waals surface area contributed by atoms with Gasteiger partial charge >= 0.3 is 0 Å². The minimum Gasteiger partial charge on any atom is -0.289 e. The lowest BCUT2D eigenvalue weighted by atomic mass is 9.88. The summed E-state index contributed by atoms with van der Waals surface area (Å²) in [5.41, 5.74) is 2.59. The van der Waals surface area contributed by atoms with E-state index in [1.807, 2.05) is 0 Å². The zero-order valence-electron chi connectivity index (χ0n) is 20.5. The molecule has 2 N–H and O–H groups in total. The van der Waals surface area contributed by atoms with Crippen molar-refractivity contribution < 1.29 is 28.8 Å². The monoisotopic (exact) mass is 524 g/mol. The molecule has 4 amide bonds. The van der Waals surface area contributed by atoms with Gasteiger partial charge in [-0.25, -0.2) is 0 Å². The van der Waals surface area contributed by atoms with Crippen LogP contribution in [0.3, 0.4) is 0 Å². The van der Waals surface area contributed by atoms with Gasteiger partial charge in [0.25, 0.3) is 23.6 Å². The molecule has 2 aliphatic heterocycles. The van der Waals surface area contributed by atoms with Crippen LogP contribution in [0.2, 0.25) is 0 Å². The van der Waals surface area contributed by atoms with Crippen LogP contribution in [-0.4, -0.2) is 35.2 Å². The van der Waals surface area contributed by atoms with Crippen molar-refractivity contribution in [2.45, 2.75) is 0 Å². The number of ketones is 2. The molecule has 0 aliphatic carbocycles. The van der Waals surface area contributed by atoms with Crippen LogP contribution in [0.25, 0.3) is 21.5 Å². The summed E-state index contributed by atoms with van der Waals surface area (Å²) in [4.78, 5) is 76.4. The number of rotatable bonds is 4. The molecular formula is C32H16N2O6. The molecule has 40 heavy (non-hydrogen) atoms. The first-order valence-corrected chi connectivity index (χ1v) is 12.4. The summed E-state index contributed by atoms with van der Waals surface area (Å²) < 4.78 is 0. The van der Waals surface area contributed by atoms with Crippen molar-refractivity contribution in [3.8, 4) is 0 Å². The zero-order valence-corrected chi connectivity index (χ0v) is 20.5. The smallest absolute Gasteiger partial charge is 0.258 e. The lowest BCUT2D eigenvalue weighted by molar-refractivity contribution is 0.0828. The second-order valence-corrected chi connectivity index (χ2v) is 9.58. The molecule has 0 unspecified atom stereocenters. The standard InChI is InChI=1S/C32H16N2O6/c35-27(19-11-13-23-25-17(19)3-1-5-21(25)29(37)33-31(23)39)15-7-9-16(10-8-15)28(36)20-12-14-24-26-18(20)4-2-6-22(26)30(38)34-32(24)40/h1-14H,(H,33,37,39)(H,34,38,40). The lowest BCUT2D eigenvalue weighted by Crippen LogP contribution is -2.34. The average Bonchev–Trinajstić information content (AvgIpc) is 2.97. The van der Waals surface area contributed by atoms with E-state index in [4.69, 9.17) is 0 Å². The Kier molecular flexibility index (Phi) is 4.89. The van der Waals surface area contributed by atoms with E-state index in [-0.39, 0.29) is 11.6 Å². The zero-order chi connectivity index (χ0) is 27.7. The first kappa shape index (κ1) is 23.4. The molecule has 5 aromatic carbocycles. The lowest BCUT2D eigenvalue weighted by Gasteiger charge is -2.18. The highest BCUT2D eigenvalue weighted by molar-refractivity contribution is 6.30. The topological polar surface area (TPSA) is 126 Å². The van der Waals surface area contributed by atoms with Crippen molar-refractivity contribution in [1.29, 1.82) is 0 Å². The molecule has 5 aromatic rings. The highest BCUT2D eigenvalue weighted by Crippen LogP contribution is 2.32. The van der Waals surface area contributed by atoms with Crippen molar-refractivity contribution in [3.63, 3.8) is 0 Å². The van der Waals surface area contributed by atoms with E-state index >= 15 is 0 Å². The van der Waals surface area contributed by atoms with Crippen LogP contribution in [0, 0.1) is 0 Å².